The highest BCUT2D eigenvalue weighted by Crippen LogP contribution is 2.34. The van der Waals surface area contributed by atoms with E-state index in [1.807, 2.05) is 9.80 Å². The van der Waals surface area contributed by atoms with Crippen molar-refractivity contribution >= 4 is 33.3 Å². The Morgan fingerprint density at radius 3 is 2.09 bits per heavy atom. The number of sulfonamides is 1. The van der Waals surface area contributed by atoms with Crippen LogP contribution in [0.25, 0.3) is 0 Å². The van der Waals surface area contributed by atoms with Crippen molar-refractivity contribution in [3.8, 4) is 0 Å². The molecule has 2 aromatic rings. The smallest absolute Gasteiger partial charge is 0.353 e. The summed E-state index contributed by atoms with van der Waals surface area (Å²) in [6.07, 6.45) is 0.464. The van der Waals surface area contributed by atoms with Gasteiger partial charge in [0.05, 0.1) is 10.6 Å². The van der Waals surface area contributed by atoms with Crippen LogP contribution in [0.1, 0.15) is 24.8 Å². The Kier molecular flexibility index (Phi) is 6.51. The molecule has 4 heterocycles. The average Bonchev–Trinajstić information content (AvgIpc) is 2.79. The van der Waals surface area contributed by atoms with E-state index < -0.39 is 21.8 Å². The van der Waals surface area contributed by atoms with E-state index in [0.717, 1.165) is 31.5 Å². The van der Waals surface area contributed by atoms with Crippen molar-refractivity contribution in [1.29, 1.82) is 0 Å². The third kappa shape index (κ3) is 4.79. The summed E-state index contributed by atoms with van der Waals surface area (Å²) in [5.74, 6) is 0.962. The van der Waals surface area contributed by atoms with Gasteiger partial charge in [-0.1, -0.05) is 18.0 Å². The summed E-state index contributed by atoms with van der Waals surface area (Å²) in [5, 5.41) is -0.0429. The fourth-order valence-corrected chi connectivity index (χ4v) is 5.68. The number of rotatable bonds is 4. The fraction of sp³-hybridized carbons (Fsp3) is 0.500. The Bertz CT molecular complexity index is 1050. The highest BCUT2D eigenvalue weighted by molar-refractivity contribution is 7.89. The lowest BCUT2D eigenvalue weighted by molar-refractivity contribution is -0.137. The maximum Gasteiger partial charge on any atom is 0.417 e. The van der Waals surface area contributed by atoms with Crippen molar-refractivity contribution < 1.29 is 21.6 Å². The number of piperazine rings is 1. The molecule has 0 unspecified atom stereocenters. The standard InChI is InChI=1S/C20H23ClF3N5O2S/c21-17-12-15(20(22,23)24)13-26-19(17)28-10-8-27(9-11-28)18-5-4-16(14-25-18)32(30,31)29-6-2-1-3-7-29/h4-5,12-14H,1-3,6-11H2. The van der Waals surface area contributed by atoms with Gasteiger partial charge >= 0.3 is 6.18 Å². The Morgan fingerprint density at radius 1 is 0.875 bits per heavy atom. The molecule has 174 valence electrons. The van der Waals surface area contributed by atoms with Gasteiger partial charge in [0, 0.05) is 51.7 Å². The van der Waals surface area contributed by atoms with Crippen LogP contribution < -0.4 is 9.80 Å². The molecule has 0 atom stereocenters. The highest BCUT2D eigenvalue weighted by atomic mass is 35.5. The number of halogens is 4. The van der Waals surface area contributed by atoms with Crippen molar-refractivity contribution in [1.82, 2.24) is 14.3 Å². The first-order chi connectivity index (χ1) is 15.2. The Morgan fingerprint density at radius 2 is 1.53 bits per heavy atom. The van der Waals surface area contributed by atoms with Crippen LogP contribution in [-0.4, -0.2) is 62.0 Å². The molecule has 0 aliphatic carbocycles. The van der Waals surface area contributed by atoms with Gasteiger partial charge in [-0.2, -0.15) is 17.5 Å². The van der Waals surface area contributed by atoms with Crippen LogP contribution in [0.15, 0.2) is 35.5 Å². The van der Waals surface area contributed by atoms with Crippen molar-refractivity contribution in [2.75, 3.05) is 49.1 Å². The molecule has 2 fully saturated rings. The lowest BCUT2D eigenvalue weighted by atomic mass is 10.2. The molecule has 2 aliphatic rings. The summed E-state index contributed by atoms with van der Waals surface area (Å²) in [4.78, 5) is 12.3. The molecule has 2 aromatic heterocycles. The van der Waals surface area contributed by atoms with Crippen molar-refractivity contribution in [2.24, 2.45) is 0 Å². The highest BCUT2D eigenvalue weighted by Gasteiger charge is 2.32. The predicted molar refractivity (Wildman–Crippen MR) is 116 cm³/mol. The normalized spacial score (nSPS) is 18.8. The first kappa shape index (κ1) is 23.1. The molecule has 0 amide bonds. The number of hydrogen-bond donors (Lipinski definition) is 0. The molecule has 7 nitrogen and oxygen atoms in total. The van der Waals surface area contributed by atoms with Gasteiger partial charge in [-0.05, 0) is 31.0 Å². The molecule has 0 spiro atoms. The molecule has 0 bridgehead atoms. The number of piperidine rings is 1. The van der Waals surface area contributed by atoms with Crippen LogP contribution in [-0.2, 0) is 16.2 Å². The minimum absolute atomic E-state index is 0.0429. The molecule has 0 saturated carbocycles. The van der Waals surface area contributed by atoms with Gasteiger partial charge in [0.1, 0.15) is 16.5 Å². The van der Waals surface area contributed by atoms with Gasteiger partial charge < -0.3 is 9.80 Å². The summed E-state index contributed by atoms with van der Waals surface area (Å²) in [6, 6.07) is 4.15. The van der Waals surface area contributed by atoms with E-state index in [2.05, 4.69) is 9.97 Å². The second kappa shape index (κ2) is 9.03. The number of hydrogen-bond acceptors (Lipinski definition) is 6. The summed E-state index contributed by atoms with van der Waals surface area (Å²) in [5.41, 5.74) is -0.881. The molecule has 0 radical (unpaired) electrons. The molecule has 2 saturated heterocycles. The minimum atomic E-state index is -4.49. The van der Waals surface area contributed by atoms with Crippen LogP contribution in [0.3, 0.4) is 0 Å². The zero-order valence-corrected chi connectivity index (χ0v) is 18.8. The van der Waals surface area contributed by atoms with Gasteiger partial charge in [-0.15, -0.1) is 0 Å². The Balaban J connectivity index is 1.40. The monoisotopic (exact) mass is 489 g/mol. The molecular weight excluding hydrogens is 467 g/mol. The van der Waals surface area contributed by atoms with E-state index in [1.54, 1.807) is 12.1 Å². The fourth-order valence-electron chi connectivity index (χ4n) is 3.93. The number of pyridine rings is 2. The topological polar surface area (TPSA) is 69.6 Å². The van der Waals surface area contributed by atoms with Crippen LogP contribution in [0.5, 0.6) is 0 Å². The van der Waals surface area contributed by atoms with Crippen LogP contribution >= 0.6 is 11.6 Å². The van der Waals surface area contributed by atoms with Crippen molar-refractivity contribution in [3.05, 3.63) is 41.2 Å². The maximum atomic E-state index is 12.8. The number of nitrogens with zero attached hydrogens (tertiary/aromatic N) is 5. The molecule has 12 heteroatoms. The predicted octanol–water partition coefficient (Wildman–Crippen LogP) is 3.65. The molecule has 2 aliphatic heterocycles. The third-order valence-electron chi connectivity index (χ3n) is 5.73. The average molecular weight is 490 g/mol. The number of anilines is 2. The third-order valence-corrected chi connectivity index (χ3v) is 7.89. The Labute approximate surface area is 189 Å². The second-order valence-corrected chi connectivity index (χ2v) is 10.2. The molecular formula is C20H23ClF3N5O2S. The first-order valence-corrected chi connectivity index (χ1v) is 12.2. The van der Waals surface area contributed by atoms with E-state index in [0.29, 0.717) is 50.9 Å². The quantitative estimate of drug-likeness (QED) is 0.653. The zero-order chi connectivity index (χ0) is 22.9. The van der Waals surface area contributed by atoms with E-state index in [9.17, 15) is 21.6 Å². The summed E-state index contributed by atoms with van der Waals surface area (Å²) in [6.45, 7) is 3.15. The molecule has 4 rings (SSSR count). The van der Waals surface area contributed by atoms with Gasteiger partial charge in [-0.3, -0.25) is 0 Å². The van der Waals surface area contributed by atoms with Crippen LogP contribution in [0.2, 0.25) is 5.02 Å². The Hall–Kier alpha value is -2.11. The lowest BCUT2D eigenvalue weighted by Gasteiger charge is -2.36. The van der Waals surface area contributed by atoms with Crippen LogP contribution in [0, 0.1) is 0 Å². The second-order valence-electron chi connectivity index (χ2n) is 7.82. The molecule has 32 heavy (non-hydrogen) atoms. The number of alkyl halides is 3. The van der Waals surface area contributed by atoms with Crippen LogP contribution in [0.4, 0.5) is 24.8 Å². The maximum absolute atomic E-state index is 12.8. The largest absolute Gasteiger partial charge is 0.417 e. The summed E-state index contributed by atoms with van der Waals surface area (Å²) in [7, 11) is -3.53. The molecule has 0 aromatic carbocycles. The zero-order valence-electron chi connectivity index (χ0n) is 17.2. The van der Waals surface area contributed by atoms with E-state index >= 15 is 0 Å². The van der Waals surface area contributed by atoms with Crippen molar-refractivity contribution in [2.45, 2.75) is 30.3 Å². The van der Waals surface area contributed by atoms with Gasteiger partial charge in [0.2, 0.25) is 10.0 Å². The minimum Gasteiger partial charge on any atom is -0.353 e. The van der Waals surface area contributed by atoms with E-state index in [1.165, 1.54) is 10.5 Å². The number of aromatic nitrogens is 2. The SMILES string of the molecule is O=S(=O)(c1ccc(N2CCN(c3ncc(C(F)(F)F)cc3Cl)CC2)nc1)N1CCCCC1. The van der Waals surface area contributed by atoms with E-state index in [4.69, 9.17) is 11.6 Å². The molecule has 0 N–H and O–H groups in total. The van der Waals surface area contributed by atoms with Crippen molar-refractivity contribution in [3.63, 3.8) is 0 Å². The first-order valence-electron chi connectivity index (χ1n) is 10.3. The lowest BCUT2D eigenvalue weighted by Crippen LogP contribution is -2.47. The summed E-state index contributed by atoms with van der Waals surface area (Å²) < 4.78 is 65.5. The summed E-state index contributed by atoms with van der Waals surface area (Å²) >= 11 is 6.06. The van der Waals surface area contributed by atoms with Gasteiger partial charge in [0.15, 0.2) is 0 Å². The van der Waals surface area contributed by atoms with Gasteiger partial charge in [-0.25, -0.2) is 18.4 Å². The van der Waals surface area contributed by atoms with Gasteiger partial charge in [0.25, 0.3) is 0 Å². The van der Waals surface area contributed by atoms with E-state index in [-0.39, 0.29) is 9.92 Å².